The van der Waals surface area contributed by atoms with E-state index in [1.807, 2.05) is 19.0 Å². The van der Waals surface area contributed by atoms with Gasteiger partial charge in [-0.25, -0.2) is 22.8 Å². The normalized spacial score (nSPS) is 13.4. The number of carbonyl (C=O) groups is 7. The highest BCUT2D eigenvalue weighted by atomic mass is 33.1. The molecule has 1 fully saturated rings. The molecule has 1 aliphatic heterocycles. The predicted octanol–water partition coefficient (Wildman–Crippen LogP) is 1.83. The van der Waals surface area contributed by atoms with Crippen LogP contribution >= 0.6 is 10.8 Å². The van der Waals surface area contributed by atoms with Crippen molar-refractivity contribution in [1.29, 1.82) is 0 Å². The molecule has 302 valence electrons. The molecule has 1 N–H and O–H groups in total. The molecule has 2 rings (SSSR count). The standard InChI is InChI=1S/C34H52N6O12S2/c1-36(2)20-21-38(4)34(47)51-26-14-12-25(13-15-26)24-50-33(46)37(3)19-10-18-35-32(45)27(23-31(44)52-40-29(42)16-17-30(40)43)39(5)28(41)11-8-7-9-22-53-54(6,48)49/h12-15,27H,7-11,16-24H2,1-6H3,(H,35,45). The van der Waals surface area contributed by atoms with Crippen LogP contribution in [0, 0.1) is 0 Å². The lowest BCUT2D eigenvalue weighted by atomic mass is 10.1. The van der Waals surface area contributed by atoms with Gasteiger partial charge in [-0.05, 0) is 61.8 Å². The summed E-state index contributed by atoms with van der Waals surface area (Å²) in [4.78, 5) is 98.4. The summed E-state index contributed by atoms with van der Waals surface area (Å²) in [5, 5.41) is 3.02. The minimum Gasteiger partial charge on any atom is -0.445 e. The van der Waals surface area contributed by atoms with Gasteiger partial charge in [-0.3, -0.25) is 19.2 Å². The lowest BCUT2D eigenvalue weighted by Gasteiger charge is -2.27. The molecule has 1 aromatic rings. The Bertz CT molecular complexity index is 1560. The van der Waals surface area contributed by atoms with Crippen LogP contribution in [0.3, 0.4) is 0 Å². The van der Waals surface area contributed by atoms with Gasteiger partial charge in [-0.15, -0.1) is 5.06 Å². The first-order chi connectivity index (χ1) is 25.4. The molecule has 6 amide bonds. The zero-order valence-corrected chi connectivity index (χ0v) is 33.4. The Balaban J connectivity index is 1.85. The maximum atomic E-state index is 13.3. The van der Waals surface area contributed by atoms with E-state index in [-0.39, 0.29) is 45.4 Å². The number of rotatable bonds is 22. The summed E-state index contributed by atoms with van der Waals surface area (Å²) in [5.41, 5.74) is 0.664. The molecule has 18 nitrogen and oxygen atoms in total. The van der Waals surface area contributed by atoms with Crippen molar-refractivity contribution in [2.75, 3.05) is 73.4 Å². The second-order valence-corrected chi connectivity index (χ2v) is 17.5. The maximum Gasteiger partial charge on any atom is 0.415 e. The molecule has 0 saturated carbocycles. The fourth-order valence-electron chi connectivity index (χ4n) is 4.74. The highest BCUT2D eigenvalue weighted by Crippen LogP contribution is 2.17. The first kappa shape index (κ1) is 45.7. The smallest absolute Gasteiger partial charge is 0.415 e. The maximum absolute atomic E-state index is 13.3. The largest absolute Gasteiger partial charge is 0.445 e. The van der Waals surface area contributed by atoms with Crippen LogP contribution < -0.4 is 10.1 Å². The molecule has 1 atom stereocenters. The van der Waals surface area contributed by atoms with Crippen LogP contribution in [0.4, 0.5) is 9.59 Å². The number of hydrogen-bond donors (Lipinski definition) is 1. The molecule has 54 heavy (non-hydrogen) atoms. The second kappa shape index (κ2) is 22.7. The molecule has 1 aromatic carbocycles. The summed E-state index contributed by atoms with van der Waals surface area (Å²) in [6, 6.07) is 5.20. The van der Waals surface area contributed by atoms with Crippen molar-refractivity contribution in [1.82, 2.24) is 30.0 Å². The molecular formula is C34H52N6O12S2. The molecule has 0 aromatic heterocycles. The molecule has 20 heteroatoms. The molecule has 1 unspecified atom stereocenters. The average molecular weight is 801 g/mol. The third kappa shape index (κ3) is 17.1. The fourth-order valence-corrected chi connectivity index (χ4v) is 6.63. The number of carbonyl (C=O) groups excluding carboxylic acids is 7. The Labute approximate surface area is 320 Å². The van der Waals surface area contributed by atoms with Crippen molar-refractivity contribution in [2.24, 2.45) is 0 Å². The van der Waals surface area contributed by atoms with Crippen molar-refractivity contribution in [2.45, 2.75) is 64.0 Å². The minimum absolute atomic E-state index is 0.0291. The van der Waals surface area contributed by atoms with Crippen LogP contribution in [-0.4, -0.2) is 154 Å². The summed E-state index contributed by atoms with van der Waals surface area (Å²) in [7, 11) is 5.99. The third-order valence-electron chi connectivity index (χ3n) is 8.02. The SMILES string of the molecule is CN(C)CCN(C)C(=O)Oc1ccc(COC(=O)N(C)CCCNC(=O)C(CC(=O)ON2C(=O)CCC2=O)N(C)C(=O)CCCCCSS(C)(=O)=O)cc1. The van der Waals surface area contributed by atoms with Crippen molar-refractivity contribution >= 4 is 61.4 Å². The van der Waals surface area contributed by atoms with E-state index >= 15 is 0 Å². The van der Waals surface area contributed by atoms with Gasteiger partial charge in [0.25, 0.3) is 11.8 Å². The Morgan fingerprint density at radius 1 is 0.852 bits per heavy atom. The van der Waals surface area contributed by atoms with Crippen molar-refractivity contribution in [3.63, 3.8) is 0 Å². The number of nitrogens with one attached hydrogen (secondary N) is 1. The fraction of sp³-hybridized carbons (Fsp3) is 0.618. The van der Waals surface area contributed by atoms with Crippen LogP contribution in [-0.2, 0) is 49.0 Å². The summed E-state index contributed by atoms with van der Waals surface area (Å²) in [5.74, 6) is -2.85. The number of likely N-dealkylation sites (N-methyl/N-ethyl adjacent to an activating group) is 3. The number of unbranched alkanes of at least 4 members (excludes halogenated alkanes) is 2. The monoisotopic (exact) mass is 800 g/mol. The lowest BCUT2D eigenvalue weighted by Crippen LogP contribution is -2.49. The van der Waals surface area contributed by atoms with Crippen molar-refractivity contribution in [3.8, 4) is 5.75 Å². The lowest BCUT2D eigenvalue weighted by molar-refractivity contribution is -0.198. The van der Waals surface area contributed by atoms with Crippen LogP contribution in [0.25, 0.3) is 0 Å². The molecule has 1 heterocycles. The zero-order valence-electron chi connectivity index (χ0n) is 31.7. The molecule has 1 saturated heterocycles. The third-order valence-corrected chi connectivity index (χ3v) is 10.7. The van der Waals surface area contributed by atoms with Crippen LogP contribution in [0.1, 0.15) is 56.9 Å². The van der Waals surface area contributed by atoms with Crippen LogP contribution in [0.5, 0.6) is 5.75 Å². The number of imide groups is 1. The van der Waals surface area contributed by atoms with E-state index in [4.69, 9.17) is 14.3 Å². The highest BCUT2D eigenvalue weighted by molar-refractivity contribution is 8.71. The molecule has 1 aliphatic rings. The van der Waals surface area contributed by atoms with Crippen LogP contribution in [0.15, 0.2) is 24.3 Å². The van der Waals surface area contributed by atoms with E-state index in [9.17, 15) is 42.0 Å². The van der Waals surface area contributed by atoms with Gasteiger partial charge in [0.2, 0.25) is 11.8 Å². The first-order valence-electron chi connectivity index (χ1n) is 17.4. The summed E-state index contributed by atoms with van der Waals surface area (Å²) >= 11 is 0. The van der Waals surface area contributed by atoms with Gasteiger partial charge in [0, 0.05) is 78.6 Å². The average Bonchev–Trinajstić information content (AvgIpc) is 3.43. The van der Waals surface area contributed by atoms with Gasteiger partial charge in [-0.2, -0.15) is 0 Å². The van der Waals surface area contributed by atoms with E-state index in [1.54, 1.807) is 31.3 Å². The first-order valence-corrected chi connectivity index (χ1v) is 20.8. The quantitative estimate of drug-likeness (QED) is 0.101. The number of hydrogen-bond acceptors (Lipinski definition) is 14. The number of amides is 6. The van der Waals surface area contributed by atoms with E-state index in [2.05, 4.69) is 5.32 Å². The second-order valence-electron chi connectivity index (χ2n) is 13.0. The molecule has 0 radical (unpaired) electrons. The number of benzene rings is 1. The number of ether oxygens (including phenoxy) is 2. The zero-order chi connectivity index (χ0) is 40.4. The van der Waals surface area contributed by atoms with Gasteiger partial charge in [-0.1, -0.05) is 18.6 Å². The molecular weight excluding hydrogens is 749 g/mol. The Morgan fingerprint density at radius 2 is 1.48 bits per heavy atom. The van der Waals surface area contributed by atoms with Crippen LogP contribution in [0.2, 0.25) is 0 Å². The van der Waals surface area contributed by atoms with Gasteiger partial charge in [0.1, 0.15) is 18.4 Å². The molecule has 0 aliphatic carbocycles. The predicted molar refractivity (Wildman–Crippen MR) is 198 cm³/mol. The summed E-state index contributed by atoms with van der Waals surface area (Å²) in [6.07, 6.45) is 1.01. The number of hydroxylamine groups is 2. The Morgan fingerprint density at radius 3 is 2.09 bits per heavy atom. The van der Waals surface area contributed by atoms with E-state index in [1.165, 1.54) is 23.9 Å². The van der Waals surface area contributed by atoms with E-state index in [0.29, 0.717) is 54.5 Å². The topological polar surface area (TPSA) is 210 Å². The van der Waals surface area contributed by atoms with Gasteiger partial charge < -0.3 is 39.2 Å². The van der Waals surface area contributed by atoms with E-state index in [0.717, 1.165) is 21.9 Å². The van der Waals surface area contributed by atoms with Crippen molar-refractivity contribution in [3.05, 3.63) is 29.8 Å². The highest BCUT2D eigenvalue weighted by Gasteiger charge is 2.35. The van der Waals surface area contributed by atoms with Gasteiger partial charge >= 0.3 is 18.2 Å². The Hall–Kier alpha value is -4.43. The Kier molecular flexibility index (Phi) is 19.2. The van der Waals surface area contributed by atoms with E-state index < -0.39 is 63.1 Å². The van der Waals surface area contributed by atoms with Gasteiger partial charge in [0.15, 0.2) is 8.87 Å². The number of nitrogens with zero attached hydrogens (tertiary/aromatic N) is 5. The molecule has 0 bridgehead atoms. The molecule has 0 spiro atoms. The summed E-state index contributed by atoms with van der Waals surface area (Å²) in [6.45, 7) is 1.40. The van der Waals surface area contributed by atoms with Crippen molar-refractivity contribution < 1.29 is 56.3 Å². The minimum atomic E-state index is -3.16. The summed E-state index contributed by atoms with van der Waals surface area (Å²) < 4.78 is 33.3. The van der Waals surface area contributed by atoms with Gasteiger partial charge in [0.05, 0.1) is 6.42 Å².